The summed E-state index contributed by atoms with van der Waals surface area (Å²) in [4.78, 5) is 12.0. The van der Waals surface area contributed by atoms with E-state index >= 15 is 0 Å². The second-order valence-electron chi connectivity index (χ2n) is 4.23. The van der Waals surface area contributed by atoms with Crippen molar-refractivity contribution in [3.63, 3.8) is 0 Å². The summed E-state index contributed by atoms with van der Waals surface area (Å²) in [5.74, 6) is -0.299. The third-order valence-electron chi connectivity index (χ3n) is 2.90. The summed E-state index contributed by atoms with van der Waals surface area (Å²) in [6.45, 7) is 8.14. The number of ether oxygens (including phenoxy) is 1. The molecule has 112 valence electrons. The number of carbonyl (C=O) groups is 1. The van der Waals surface area contributed by atoms with Crippen LogP contribution in [0.15, 0.2) is 42.5 Å². The Bertz CT molecular complexity index is 606. The highest BCUT2D eigenvalue weighted by molar-refractivity contribution is 6.30. The maximum Gasteiger partial charge on any atom is 0.338 e. The van der Waals surface area contributed by atoms with Crippen LogP contribution in [0.2, 0.25) is 5.02 Å². The average molecular weight is 305 g/mol. The van der Waals surface area contributed by atoms with Crippen molar-refractivity contribution in [1.82, 2.24) is 0 Å². The molecule has 0 saturated carbocycles. The number of benzene rings is 2. The van der Waals surface area contributed by atoms with Gasteiger partial charge >= 0.3 is 5.97 Å². The number of carbonyl (C=O) groups excluding carboxylic acids is 1. The van der Waals surface area contributed by atoms with Gasteiger partial charge in [-0.05, 0) is 48.7 Å². The van der Waals surface area contributed by atoms with Crippen molar-refractivity contribution in [2.24, 2.45) is 0 Å². The first-order valence-corrected chi connectivity index (χ1v) is 7.54. The van der Waals surface area contributed by atoms with Gasteiger partial charge in [-0.3, -0.25) is 0 Å². The van der Waals surface area contributed by atoms with E-state index in [0.717, 1.165) is 16.7 Å². The maximum atomic E-state index is 12.0. The molecule has 0 fully saturated rings. The van der Waals surface area contributed by atoms with Crippen molar-refractivity contribution in [3.05, 3.63) is 58.6 Å². The molecule has 2 aromatic carbocycles. The van der Waals surface area contributed by atoms with Crippen LogP contribution in [-0.4, -0.2) is 12.6 Å². The van der Waals surface area contributed by atoms with Crippen LogP contribution < -0.4 is 0 Å². The zero-order chi connectivity index (χ0) is 15.8. The minimum absolute atomic E-state index is 0.299. The number of hydrogen-bond donors (Lipinski definition) is 0. The van der Waals surface area contributed by atoms with Crippen molar-refractivity contribution >= 4 is 17.6 Å². The van der Waals surface area contributed by atoms with Gasteiger partial charge in [0.15, 0.2) is 0 Å². The molecular weight excluding hydrogens is 284 g/mol. The van der Waals surface area contributed by atoms with Crippen LogP contribution in [0.1, 0.15) is 36.7 Å². The number of halogens is 1. The van der Waals surface area contributed by atoms with Crippen molar-refractivity contribution in [1.29, 1.82) is 0 Å². The predicted octanol–water partition coefficient (Wildman–Crippen LogP) is 5.52. The molecule has 0 aromatic heterocycles. The van der Waals surface area contributed by atoms with Gasteiger partial charge in [-0.25, -0.2) is 4.79 Å². The first kappa shape index (κ1) is 17.3. The van der Waals surface area contributed by atoms with Gasteiger partial charge in [0.05, 0.1) is 12.2 Å². The van der Waals surface area contributed by atoms with Gasteiger partial charge in [-0.1, -0.05) is 49.7 Å². The van der Waals surface area contributed by atoms with E-state index in [1.165, 1.54) is 0 Å². The quantitative estimate of drug-likeness (QED) is 0.698. The summed E-state index contributed by atoms with van der Waals surface area (Å²) >= 11 is 5.96. The molecule has 0 aliphatic rings. The average Bonchev–Trinajstić information content (AvgIpc) is 2.50. The molecule has 2 aromatic rings. The SMILES string of the molecule is CC.CCOC(=O)c1ccccc1-c1ccc(Cl)cc1C. The topological polar surface area (TPSA) is 26.3 Å². The third kappa shape index (κ3) is 4.33. The predicted molar refractivity (Wildman–Crippen MR) is 88.9 cm³/mol. The van der Waals surface area contributed by atoms with Crippen LogP contribution in [0, 0.1) is 6.92 Å². The molecule has 3 heteroatoms. The molecule has 2 rings (SSSR count). The van der Waals surface area contributed by atoms with E-state index in [0.29, 0.717) is 17.2 Å². The molecule has 0 heterocycles. The highest BCUT2D eigenvalue weighted by atomic mass is 35.5. The van der Waals surface area contributed by atoms with Crippen LogP contribution in [0.3, 0.4) is 0 Å². The second-order valence-corrected chi connectivity index (χ2v) is 4.66. The lowest BCUT2D eigenvalue weighted by Crippen LogP contribution is -2.06. The van der Waals surface area contributed by atoms with Crippen LogP contribution in [-0.2, 0) is 4.74 Å². The Hall–Kier alpha value is -1.80. The van der Waals surface area contributed by atoms with Gasteiger partial charge in [0.2, 0.25) is 0 Å². The molecular formula is C18H21ClO2. The zero-order valence-corrected chi connectivity index (χ0v) is 13.7. The van der Waals surface area contributed by atoms with E-state index in [2.05, 4.69) is 0 Å². The van der Waals surface area contributed by atoms with Crippen LogP contribution in [0.5, 0.6) is 0 Å². The summed E-state index contributed by atoms with van der Waals surface area (Å²) < 4.78 is 5.09. The van der Waals surface area contributed by atoms with Crippen LogP contribution in [0.25, 0.3) is 11.1 Å². The van der Waals surface area contributed by atoms with E-state index in [1.807, 2.05) is 57.2 Å². The Morgan fingerprint density at radius 3 is 2.38 bits per heavy atom. The van der Waals surface area contributed by atoms with Crippen molar-refractivity contribution in [2.75, 3.05) is 6.61 Å². The van der Waals surface area contributed by atoms with Gasteiger partial charge in [0, 0.05) is 5.02 Å². The summed E-state index contributed by atoms with van der Waals surface area (Å²) in [7, 11) is 0. The largest absolute Gasteiger partial charge is 0.462 e. The van der Waals surface area contributed by atoms with E-state index in [9.17, 15) is 4.79 Å². The van der Waals surface area contributed by atoms with Crippen molar-refractivity contribution < 1.29 is 9.53 Å². The number of aryl methyl sites for hydroxylation is 1. The van der Waals surface area contributed by atoms with Gasteiger partial charge in [-0.2, -0.15) is 0 Å². The minimum Gasteiger partial charge on any atom is -0.462 e. The molecule has 2 nitrogen and oxygen atoms in total. The van der Waals surface area contributed by atoms with Crippen molar-refractivity contribution in [3.8, 4) is 11.1 Å². The second kappa shape index (κ2) is 8.48. The Morgan fingerprint density at radius 2 is 1.76 bits per heavy atom. The number of hydrogen-bond acceptors (Lipinski definition) is 2. The fourth-order valence-electron chi connectivity index (χ4n) is 2.03. The highest BCUT2D eigenvalue weighted by Crippen LogP contribution is 2.29. The van der Waals surface area contributed by atoms with E-state index < -0.39 is 0 Å². The maximum absolute atomic E-state index is 12.0. The molecule has 0 unspecified atom stereocenters. The first-order valence-electron chi connectivity index (χ1n) is 7.16. The molecule has 0 radical (unpaired) electrons. The monoisotopic (exact) mass is 304 g/mol. The Morgan fingerprint density at radius 1 is 1.10 bits per heavy atom. The van der Waals surface area contributed by atoms with Crippen molar-refractivity contribution in [2.45, 2.75) is 27.7 Å². The third-order valence-corrected chi connectivity index (χ3v) is 3.14. The lowest BCUT2D eigenvalue weighted by molar-refractivity contribution is 0.0527. The number of esters is 1. The van der Waals surface area contributed by atoms with Gasteiger partial charge < -0.3 is 4.74 Å². The molecule has 0 bridgehead atoms. The summed E-state index contributed by atoms with van der Waals surface area (Å²) in [5, 5.41) is 0.690. The fraction of sp³-hybridized carbons (Fsp3) is 0.278. The highest BCUT2D eigenvalue weighted by Gasteiger charge is 2.14. The first-order chi connectivity index (χ1) is 10.1. The molecule has 0 N–H and O–H groups in total. The zero-order valence-electron chi connectivity index (χ0n) is 12.9. The van der Waals surface area contributed by atoms with Gasteiger partial charge in [-0.15, -0.1) is 0 Å². The standard InChI is InChI=1S/C16H15ClO2.C2H6/c1-3-19-16(18)15-7-5-4-6-14(15)13-9-8-12(17)10-11(13)2;1-2/h4-10H,3H2,1-2H3;1-2H3. The summed E-state index contributed by atoms with van der Waals surface area (Å²) in [6, 6.07) is 13.1. The molecule has 0 atom stereocenters. The van der Waals surface area contributed by atoms with Gasteiger partial charge in [0.1, 0.15) is 0 Å². The Balaban J connectivity index is 0.00000106. The lowest BCUT2D eigenvalue weighted by Gasteiger charge is -2.11. The minimum atomic E-state index is -0.299. The Kier molecular flexibility index (Phi) is 6.97. The molecule has 0 spiro atoms. The number of rotatable bonds is 3. The fourth-order valence-corrected chi connectivity index (χ4v) is 2.26. The molecule has 21 heavy (non-hydrogen) atoms. The lowest BCUT2D eigenvalue weighted by atomic mass is 9.96. The van der Waals surface area contributed by atoms with Crippen LogP contribution >= 0.6 is 11.6 Å². The van der Waals surface area contributed by atoms with E-state index in [1.54, 1.807) is 13.0 Å². The summed E-state index contributed by atoms with van der Waals surface area (Å²) in [5.41, 5.74) is 3.47. The normalized spacial score (nSPS) is 9.57. The summed E-state index contributed by atoms with van der Waals surface area (Å²) in [6.07, 6.45) is 0. The molecule has 0 aliphatic heterocycles. The van der Waals surface area contributed by atoms with Crippen LogP contribution in [0.4, 0.5) is 0 Å². The Labute approximate surface area is 131 Å². The van der Waals surface area contributed by atoms with Gasteiger partial charge in [0.25, 0.3) is 0 Å². The van der Waals surface area contributed by atoms with E-state index in [-0.39, 0.29) is 5.97 Å². The molecule has 0 aliphatic carbocycles. The molecule has 0 saturated heterocycles. The van der Waals surface area contributed by atoms with E-state index in [4.69, 9.17) is 16.3 Å². The smallest absolute Gasteiger partial charge is 0.338 e. The molecule has 0 amide bonds.